The topological polar surface area (TPSA) is 68.3 Å². The molecule has 1 aliphatic carbocycles. The monoisotopic (exact) mass is 456 g/mol. The van der Waals surface area contributed by atoms with Crippen LogP contribution in [0.2, 0.25) is 10.0 Å². The van der Waals surface area contributed by atoms with Crippen molar-refractivity contribution in [2.75, 3.05) is 0 Å². The SMILES string of the molecule is CC1(C)C(=O)C(C(=O)c2ccc(Cl)c(C=Cc3ccccc3)c2Cl)C(=O)C(C)(C)C1=O. The van der Waals surface area contributed by atoms with E-state index in [4.69, 9.17) is 23.2 Å². The van der Waals surface area contributed by atoms with E-state index >= 15 is 0 Å². The Balaban J connectivity index is 2.06. The number of carbonyl (C=O) groups excluding carboxylic acids is 4. The van der Waals surface area contributed by atoms with Crippen LogP contribution in [0.1, 0.15) is 49.2 Å². The lowest BCUT2D eigenvalue weighted by Gasteiger charge is -2.40. The Morgan fingerprint density at radius 1 is 0.839 bits per heavy atom. The molecule has 0 amide bonds. The van der Waals surface area contributed by atoms with E-state index in [-0.39, 0.29) is 10.6 Å². The van der Waals surface area contributed by atoms with Crippen molar-refractivity contribution in [1.82, 2.24) is 0 Å². The summed E-state index contributed by atoms with van der Waals surface area (Å²) in [5.74, 6) is -4.22. The zero-order valence-corrected chi connectivity index (χ0v) is 19.2. The number of Topliss-reactive ketones (excluding diaryl/α,β-unsaturated/α-hetero) is 4. The Hall–Kier alpha value is -2.56. The number of hydrogen-bond acceptors (Lipinski definition) is 4. The van der Waals surface area contributed by atoms with Crippen LogP contribution in [-0.4, -0.2) is 23.1 Å². The summed E-state index contributed by atoms with van der Waals surface area (Å²) in [6.07, 6.45) is 3.47. The van der Waals surface area contributed by atoms with Crippen LogP contribution in [-0.2, 0) is 14.4 Å². The Labute approximate surface area is 191 Å². The van der Waals surface area contributed by atoms with Gasteiger partial charge in [0, 0.05) is 16.1 Å². The Bertz CT molecular complexity index is 1100. The Morgan fingerprint density at radius 3 is 1.94 bits per heavy atom. The van der Waals surface area contributed by atoms with Crippen LogP contribution in [0.25, 0.3) is 12.2 Å². The first-order valence-electron chi connectivity index (χ1n) is 9.79. The van der Waals surface area contributed by atoms with E-state index in [9.17, 15) is 19.2 Å². The number of rotatable bonds is 4. The fraction of sp³-hybridized carbons (Fsp3) is 0.280. The molecule has 160 valence electrons. The first kappa shape index (κ1) is 23.1. The van der Waals surface area contributed by atoms with E-state index in [0.29, 0.717) is 10.6 Å². The van der Waals surface area contributed by atoms with Gasteiger partial charge in [0.05, 0.1) is 15.9 Å². The number of carbonyl (C=O) groups is 4. The van der Waals surface area contributed by atoms with Crippen molar-refractivity contribution in [3.05, 3.63) is 69.2 Å². The van der Waals surface area contributed by atoms with E-state index in [1.54, 1.807) is 12.2 Å². The summed E-state index contributed by atoms with van der Waals surface area (Å²) in [6, 6.07) is 12.4. The molecule has 0 spiro atoms. The summed E-state index contributed by atoms with van der Waals surface area (Å²) in [4.78, 5) is 52.0. The van der Waals surface area contributed by atoms with Crippen LogP contribution in [0.3, 0.4) is 0 Å². The second-order valence-corrected chi connectivity index (χ2v) is 9.46. The highest BCUT2D eigenvalue weighted by molar-refractivity contribution is 6.42. The molecule has 0 N–H and O–H groups in total. The van der Waals surface area contributed by atoms with Gasteiger partial charge in [-0.1, -0.05) is 65.7 Å². The zero-order valence-electron chi connectivity index (χ0n) is 17.7. The molecular formula is C25H22Cl2O4. The molecule has 0 unspecified atom stereocenters. The van der Waals surface area contributed by atoms with Gasteiger partial charge in [0.25, 0.3) is 0 Å². The van der Waals surface area contributed by atoms with Gasteiger partial charge in [0.2, 0.25) is 0 Å². The predicted molar refractivity (Wildman–Crippen MR) is 122 cm³/mol. The van der Waals surface area contributed by atoms with E-state index in [2.05, 4.69) is 0 Å². The molecule has 0 aliphatic heterocycles. The Morgan fingerprint density at radius 2 is 1.39 bits per heavy atom. The van der Waals surface area contributed by atoms with Gasteiger partial charge in [-0.05, 0) is 45.4 Å². The minimum absolute atomic E-state index is 0.0198. The molecule has 2 aromatic rings. The van der Waals surface area contributed by atoms with Crippen LogP contribution in [0.5, 0.6) is 0 Å². The molecule has 6 heteroatoms. The minimum atomic E-state index is -1.59. The van der Waals surface area contributed by atoms with E-state index in [0.717, 1.165) is 5.56 Å². The molecule has 1 aliphatic rings. The van der Waals surface area contributed by atoms with E-state index < -0.39 is 39.9 Å². The maximum atomic E-state index is 13.4. The highest BCUT2D eigenvalue weighted by Gasteiger charge is 2.60. The third-order valence-electron chi connectivity index (χ3n) is 5.79. The molecule has 3 rings (SSSR count). The average molecular weight is 457 g/mol. The maximum Gasteiger partial charge on any atom is 0.182 e. The summed E-state index contributed by atoms with van der Waals surface area (Å²) >= 11 is 12.8. The number of halogens is 2. The normalized spacial score (nSPS) is 18.6. The molecule has 0 aromatic heterocycles. The fourth-order valence-electron chi connectivity index (χ4n) is 3.90. The lowest BCUT2D eigenvalue weighted by atomic mass is 9.57. The third kappa shape index (κ3) is 3.90. The van der Waals surface area contributed by atoms with Gasteiger partial charge in [0.15, 0.2) is 23.1 Å². The first-order chi connectivity index (χ1) is 14.4. The molecule has 0 atom stereocenters. The molecule has 0 radical (unpaired) electrons. The number of benzene rings is 2. The second-order valence-electron chi connectivity index (χ2n) is 8.67. The third-order valence-corrected chi connectivity index (χ3v) is 6.52. The van der Waals surface area contributed by atoms with Crippen molar-refractivity contribution in [3.63, 3.8) is 0 Å². The summed E-state index contributed by atoms with van der Waals surface area (Å²) in [5.41, 5.74) is -1.57. The highest BCUT2D eigenvalue weighted by Crippen LogP contribution is 2.43. The van der Waals surface area contributed by atoms with Crippen LogP contribution in [0, 0.1) is 16.7 Å². The van der Waals surface area contributed by atoms with Gasteiger partial charge >= 0.3 is 0 Å². The number of hydrogen-bond donors (Lipinski definition) is 0. The number of ketones is 4. The van der Waals surface area contributed by atoms with E-state index in [1.165, 1.54) is 39.8 Å². The summed E-state index contributed by atoms with van der Waals surface area (Å²) in [6.45, 7) is 5.79. The van der Waals surface area contributed by atoms with Gasteiger partial charge in [-0.25, -0.2) is 0 Å². The van der Waals surface area contributed by atoms with Crippen molar-refractivity contribution in [3.8, 4) is 0 Å². The van der Waals surface area contributed by atoms with Crippen molar-refractivity contribution < 1.29 is 19.2 Å². The van der Waals surface area contributed by atoms with Crippen molar-refractivity contribution in [2.24, 2.45) is 16.7 Å². The van der Waals surface area contributed by atoms with Crippen LogP contribution >= 0.6 is 23.2 Å². The molecule has 31 heavy (non-hydrogen) atoms. The van der Waals surface area contributed by atoms with Gasteiger partial charge in [-0.2, -0.15) is 0 Å². The lowest BCUT2D eigenvalue weighted by Crippen LogP contribution is -2.59. The quantitative estimate of drug-likeness (QED) is 0.334. The largest absolute Gasteiger partial charge is 0.297 e. The van der Waals surface area contributed by atoms with Crippen molar-refractivity contribution in [1.29, 1.82) is 0 Å². The molecule has 0 bridgehead atoms. The fourth-order valence-corrected chi connectivity index (χ4v) is 4.49. The Kier molecular flexibility index (Phi) is 6.09. The smallest absolute Gasteiger partial charge is 0.182 e. The molecule has 0 saturated heterocycles. The average Bonchev–Trinajstić information content (AvgIpc) is 2.72. The van der Waals surface area contributed by atoms with Gasteiger partial charge < -0.3 is 0 Å². The van der Waals surface area contributed by atoms with Crippen LogP contribution in [0.4, 0.5) is 0 Å². The predicted octanol–water partition coefficient (Wildman–Crippen LogP) is 5.74. The molecule has 1 fully saturated rings. The second kappa shape index (κ2) is 8.18. The van der Waals surface area contributed by atoms with Crippen molar-refractivity contribution in [2.45, 2.75) is 27.7 Å². The van der Waals surface area contributed by atoms with Crippen LogP contribution < -0.4 is 0 Å². The summed E-state index contributed by atoms with van der Waals surface area (Å²) in [7, 11) is 0. The molecular weight excluding hydrogens is 435 g/mol. The molecule has 2 aromatic carbocycles. The minimum Gasteiger partial charge on any atom is -0.297 e. The molecule has 4 nitrogen and oxygen atoms in total. The summed E-state index contributed by atoms with van der Waals surface area (Å²) < 4.78 is 0. The molecule has 0 heterocycles. The van der Waals surface area contributed by atoms with E-state index in [1.807, 2.05) is 30.3 Å². The standard InChI is InChI=1S/C25H22Cl2O4/c1-24(2)21(29)18(22(30)25(3,4)23(24)31)20(28)16-12-13-17(26)15(19(16)27)11-10-14-8-6-5-7-9-14/h5-13,18H,1-4H3. The van der Waals surface area contributed by atoms with Gasteiger partial charge in [-0.15, -0.1) is 0 Å². The lowest BCUT2D eigenvalue weighted by molar-refractivity contribution is -0.158. The highest BCUT2D eigenvalue weighted by atomic mass is 35.5. The first-order valence-corrected chi connectivity index (χ1v) is 10.5. The molecule has 1 saturated carbocycles. The van der Waals surface area contributed by atoms with Gasteiger partial charge in [-0.3, -0.25) is 19.2 Å². The summed E-state index contributed by atoms with van der Waals surface area (Å²) in [5, 5.41) is 0.378. The van der Waals surface area contributed by atoms with Gasteiger partial charge in [0.1, 0.15) is 5.92 Å². The maximum absolute atomic E-state index is 13.4. The van der Waals surface area contributed by atoms with Crippen molar-refractivity contribution >= 4 is 58.5 Å². The zero-order chi connectivity index (χ0) is 23.1. The van der Waals surface area contributed by atoms with Crippen LogP contribution in [0.15, 0.2) is 42.5 Å².